The molecule has 1 aliphatic rings. The van der Waals surface area contributed by atoms with Crippen LogP contribution < -0.4 is 5.32 Å². The number of aromatic nitrogens is 1. The van der Waals surface area contributed by atoms with Gasteiger partial charge in [0.1, 0.15) is 0 Å². The molecule has 0 unspecified atom stereocenters. The van der Waals surface area contributed by atoms with Crippen molar-refractivity contribution in [2.24, 2.45) is 18.0 Å². The summed E-state index contributed by atoms with van der Waals surface area (Å²) in [4.78, 5) is 6.58. The van der Waals surface area contributed by atoms with Crippen LogP contribution in [0.4, 0.5) is 0 Å². The van der Waals surface area contributed by atoms with Gasteiger partial charge in [-0.2, -0.15) is 0 Å². The third-order valence-electron chi connectivity index (χ3n) is 4.57. The van der Waals surface area contributed by atoms with Crippen molar-refractivity contribution in [2.45, 2.75) is 45.1 Å². The second-order valence-electron chi connectivity index (χ2n) is 6.23. The molecule has 0 amide bonds. The Morgan fingerprint density at radius 2 is 2.19 bits per heavy atom. The number of rotatable bonds is 6. The van der Waals surface area contributed by atoms with Crippen LogP contribution in [0, 0.1) is 5.92 Å². The molecule has 0 atom stereocenters. The minimum absolute atomic E-state index is 0.881. The second-order valence-corrected chi connectivity index (χ2v) is 6.23. The average molecular weight is 290 g/mol. The molecule has 0 aliphatic heterocycles. The lowest BCUT2D eigenvalue weighted by molar-refractivity contribution is 0.449. The van der Waals surface area contributed by atoms with E-state index in [-0.39, 0.29) is 0 Å². The first-order chi connectivity index (χ1) is 10.2. The Morgan fingerprint density at radius 1 is 1.43 bits per heavy atom. The maximum absolute atomic E-state index is 4.39. The van der Waals surface area contributed by atoms with Gasteiger partial charge >= 0.3 is 0 Å². The highest BCUT2D eigenvalue weighted by molar-refractivity contribution is 5.79. The van der Waals surface area contributed by atoms with Crippen molar-refractivity contribution >= 4 is 5.96 Å². The van der Waals surface area contributed by atoms with Crippen LogP contribution in [0.25, 0.3) is 0 Å². The van der Waals surface area contributed by atoms with Crippen LogP contribution in [0.5, 0.6) is 0 Å². The van der Waals surface area contributed by atoms with Gasteiger partial charge in [0.05, 0.1) is 6.54 Å². The molecule has 0 radical (unpaired) electrons. The van der Waals surface area contributed by atoms with Gasteiger partial charge in [-0.15, -0.1) is 0 Å². The molecule has 1 aromatic rings. The standard InChI is InChI=1S/C17H30N4/c1-18-17(19-12-6-10-15-8-4-5-9-15)21(3)14-16-11-7-13-20(16)2/h7,11,13,15H,4-6,8-10,12,14H2,1-3H3,(H,18,19). The Bertz CT molecular complexity index is 443. The van der Waals surface area contributed by atoms with E-state index in [4.69, 9.17) is 0 Å². The summed E-state index contributed by atoms with van der Waals surface area (Å²) < 4.78 is 2.16. The molecule has 0 saturated heterocycles. The molecule has 4 nitrogen and oxygen atoms in total. The van der Waals surface area contributed by atoms with Gasteiger partial charge in [-0.05, 0) is 30.9 Å². The maximum Gasteiger partial charge on any atom is 0.193 e. The van der Waals surface area contributed by atoms with Crippen molar-refractivity contribution in [3.05, 3.63) is 24.0 Å². The summed E-state index contributed by atoms with van der Waals surface area (Å²) in [6.45, 7) is 1.91. The number of nitrogens with zero attached hydrogens (tertiary/aromatic N) is 3. The van der Waals surface area contributed by atoms with Gasteiger partial charge in [-0.25, -0.2) is 0 Å². The van der Waals surface area contributed by atoms with E-state index in [1.54, 1.807) is 0 Å². The van der Waals surface area contributed by atoms with Crippen molar-refractivity contribution < 1.29 is 0 Å². The monoisotopic (exact) mass is 290 g/mol. The van der Waals surface area contributed by atoms with E-state index in [9.17, 15) is 0 Å². The molecule has 1 fully saturated rings. The van der Waals surface area contributed by atoms with Crippen LogP contribution in [0.3, 0.4) is 0 Å². The summed E-state index contributed by atoms with van der Waals surface area (Å²) >= 11 is 0. The first-order valence-corrected chi connectivity index (χ1v) is 8.22. The fourth-order valence-electron chi connectivity index (χ4n) is 3.25. The number of hydrogen-bond acceptors (Lipinski definition) is 1. The van der Waals surface area contributed by atoms with E-state index in [1.165, 1.54) is 44.2 Å². The molecule has 0 spiro atoms. The van der Waals surface area contributed by atoms with Crippen LogP contribution in [-0.2, 0) is 13.6 Å². The quantitative estimate of drug-likeness (QED) is 0.496. The third kappa shape index (κ3) is 4.80. The summed E-state index contributed by atoms with van der Waals surface area (Å²) in [5.74, 6) is 1.97. The Morgan fingerprint density at radius 3 is 2.81 bits per heavy atom. The summed E-state index contributed by atoms with van der Waals surface area (Å²) in [6, 6.07) is 4.24. The van der Waals surface area contributed by atoms with Crippen molar-refractivity contribution in [2.75, 3.05) is 20.6 Å². The lowest BCUT2D eigenvalue weighted by Crippen LogP contribution is -2.39. The summed E-state index contributed by atoms with van der Waals surface area (Å²) in [5.41, 5.74) is 1.30. The predicted molar refractivity (Wildman–Crippen MR) is 89.4 cm³/mol. The predicted octanol–water partition coefficient (Wildman–Crippen LogP) is 3.00. The van der Waals surface area contributed by atoms with E-state index >= 15 is 0 Å². The van der Waals surface area contributed by atoms with Gasteiger partial charge in [0.25, 0.3) is 0 Å². The van der Waals surface area contributed by atoms with Crippen LogP contribution in [0.15, 0.2) is 23.3 Å². The Kier molecular flexibility index (Phi) is 6.15. The van der Waals surface area contributed by atoms with Gasteiger partial charge in [0.15, 0.2) is 5.96 Å². The minimum atomic E-state index is 0.881. The molecule has 1 heterocycles. The lowest BCUT2D eigenvalue weighted by Gasteiger charge is -2.22. The van der Waals surface area contributed by atoms with Gasteiger partial charge in [0.2, 0.25) is 0 Å². The molecule has 0 aromatic carbocycles. The van der Waals surface area contributed by atoms with Gasteiger partial charge in [-0.1, -0.05) is 25.7 Å². The van der Waals surface area contributed by atoms with Crippen LogP contribution >= 0.6 is 0 Å². The zero-order chi connectivity index (χ0) is 15.1. The fraction of sp³-hybridized carbons (Fsp3) is 0.706. The molecule has 1 aliphatic carbocycles. The Hall–Kier alpha value is -1.45. The van der Waals surface area contributed by atoms with Crippen LogP contribution in [0.2, 0.25) is 0 Å². The molecule has 2 rings (SSSR count). The number of guanidine groups is 1. The van der Waals surface area contributed by atoms with Gasteiger partial charge in [0, 0.05) is 39.6 Å². The van der Waals surface area contributed by atoms with E-state index in [0.717, 1.165) is 25.0 Å². The molecule has 118 valence electrons. The number of aliphatic imine (C=N–C) groups is 1. The molecule has 1 aromatic heterocycles. The summed E-state index contributed by atoms with van der Waals surface area (Å²) in [5, 5.41) is 3.49. The molecule has 1 N–H and O–H groups in total. The molecule has 1 saturated carbocycles. The normalized spacial score (nSPS) is 16.4. The van der Waals surface area contributed by atoms with Crippen molar-refractivity contribution in [1.82, 2.24) is 14.8 Å². The molecule has 21 heavy (non-hydrogen) atoms. The molecule has 4 heteroatoms. The SMILES string of the molecule is CN=C(NCCCC1CCCC1)N(C)Cc1cccn1C. The number of aryl methyl sites for hydroxylation is 1. The number of nitrogens with one attached hydrogen (secondary N) is 1. The third-order valence-corrected chi connectivity index (χ3v) is 4.57. The zero-order valence-electron chi connectivity index (χ0n) is 13.8. The average Bonchev–Trinajstić information content (AvgIpc) is 3.11. The Labute approximate surface area is 129 Å². The highest BCUT2D eigenvalue weighted by atomic mass is 15.3. The lowest BCUT2D eigenvalue weighted by atomic mass is 10.0. The van der Waals surface area contributed by atoms with E-state index in [2.05, 4.69) is 52.2 Å². The van der Waals surface area contributed by atoms with E-state index in [0.29, 0.717) is 0 Å². The minimum Gasteiger partial charge on any atom is -0.356 e. The van der Waals surface area contributed by atoms with Crippen LogP contribution in [-0.4, -0.2) is 36.1 Å². The van der Waals surface area contributed by atoms with Crippen molar-refractivity contribution in [1.29, 1.82) is 0 Å². The van der Waals surface area contributed by atoms with E-state index < -0.39 is 0 Å². The number of hydrogen-bond donors (Lipinski definition) is 1. The first-order valence-electron chi connectivity index (χ1n) is 8.22. The fourth-order valence-corrected chi connectivity index (χ4v) is 3.25. The molecule has 0 bridgehead atoms. The molecular formula is C17H30N4. The summed E-state index contributed by atoms with van der Waals surface area (Å²) in [6.07, 6.45) is 10.5. The smallest absolute Gasteiger partial charge is 0.193 e. The van der Waals surface area contributed by atoms with Gasteiger partial charge in [-0.3, -0.25) is 4.99 Å². The second kappa shape index (κ2) is 8.11. The summed E-state index contributed by atoms with van der Waals surface area (Å²) in [7, 11) is 6.04. The topological polar surface area (TPSA) is 32.6 Å². The first kappa shape index (κ1) is 15.9. The largest absolute Gasteiger partial charge is 0.356 e. The van der Waals surface area contributed by atoms with E-state index in [1.807, 2.05) is 7.05 Å². The van der Waals surface area contributed by atoms with Crippen molar-refractivity contribution in [3.63, 3.8) is 0 Å². The van der Waals surface area contributed by atoms with Gasteiger partial charge < -0.3 is 14.8 Å². The van der Waals surface area contributed by atoms with Crippen LogP contribution in [0.1, 0.15) is 44.2 Å². The van der Waals surface area contributed by atoms with Crippen molar-refractivity contribution in [3.8, 4) is 0 Å². The highest BCUT2D eigenvalue weighted by Crippen LogP contribution is 2.28. The molecular weight excluding hydrogens is 260 g/mol. The zero-order valence-corrected chi connectivity index (χ0v) is 13.8. The Balaban J connectivity index is 1.70. The maximum atomic E-state index is 4.39. The highest BCUT2D eigenvalue weighted by Gasteiger charge is 2.14.